The lowest BCUT2D eigenvalue weighted by atomic mass is 9.84. The van der Waals surface area contributed by atoms with Gasteiger partial charge in [0.1, 0.15) is 34.9 Å². The maximum atomic E-state index is 16.4. The number of pyridine rings is 1. The molecule has 0 unspecified atom stereocenters. The van der Waals surface area contributed by atoms with E-state index in [1.165, 1.54) is 30.7 Å². The number of ether oxygens (including phenoxy) is 1. The van der Waals surface area contributed by atoms with Crippen molar-refractivity contribution in [3.63, 3.8) is 0 Å². The molecule has 6 rings (SSSR count). The summed E-state index contributed by atoms with van der Waals surface area (Å²) in [4.78, 5) is 34.1. The number of phenols is 1. The van der Waals surface area contributed by atoms with Gasteiger partial charge in [-0.05, 0) is 63.0 Å². The third-order valence-corrected chi connectivity index (χ3v) is 8.91. The molecule has 2 saturated heterocycles. The van der Waals surface area contributed by atoms with E-state index in [4.69, 9.17) is 16.3 Å². The average molecular weight is 612 g/mol. The topological polar surface area (TPSA) is 107 Å². The second-order valence-electron chi connectivity index (χ2n) is 11.2. The predicted molar refractivity (Wildman–Crippen MR) is 161 cm³/mol. The smallest absolute Gasteiger partial charge is 0.250 e. The van der Waals surface area contributed by atoms with E-state index in [9.17, 15) is 19.1 Å². The van der Waals surface area contributed by atoms with Crippen LogP contribution in [0, 0.1) is 11.6 Å². The fourth-order valence-electron chi connectivity index (χ4n) is 6.22. The van der Waals surface area contributed by atoms with Gasteiger partial charge < -0.3 is 25.4 Å². The van der Waals surface area contributed by atoms with E-state index in [1.54, 1.807) is 4.90 Å². The van der Waals surface area contributed by atoms with Crippen LogP contribution in [0.4, 0.5) is 20.2 Å². The van der Waals surface area contributed by atoms with Crippen molar-refractivity contribution >= 4 is 45.7 Å². The van der Waals surface area contributed by atoms with Gasteiger partial charge in [0.15, 0.2) is 5.82 Å². The number of benzene rings is 2. The molecule has 43 heavy (non-hydrogen) atoms. The number of fused-ring (bicyclic) bond motifs is 3. The number of carbonyl (C=O) groups excluding carboxylic acids is 2. The van der Waals surface area contributed by atoms with Gasteiger partial charge >= 0.3 is 0 Å². The zero-order valence-electron chi connectivity index (χ0n) is 23.5. The first-order chi connectivity index (χ1) is 20.7. The average Bonchev–Trinajstić information content (AvgIpc) is 3.00. The normalized spacial score (nSPS) is 18.2. The van der Waals surface area contributed by atoms with Crippen LogP contribution in [0.2, 0.25) is 5.02 Å². The van der Waals surface area contributed by atoms with Gasteiger partial charge in [0, 0.05) is 30.6 Å². The molecule has 3 N–H and O–H groups in total. The Balaban J connectivity index is 1.44. The molecule has 4 heterocycles. The molecule has 12 heteroatoms. The minimum Gasteiger partial charge on any atom is -0.507 e. The Morgan fingerprint density at radius 2 is 1.88 bits per heavy atom. The molecule has 226 valence electrons. The number of hydrogen-bond acceptors (Lipinski definition) is 7. The molecule has 2 amide bonds. The summed E-state index contributed by atoms with van der Waals surface area (Å²) in [5, 5.41) is 16.8. The first kappa shape index (κ1) is 29.1. The maximum absolute atomic E-state index is 16.4. The summed E-state index contributed by atoms with van der Waals surface area (Å²) in [6, 6.07) is 5.11. The van der Waals surface area contributed by atoms with Crippen LogP contribution in [0.25, 0.3) is 22.0 Å². The number of nitrogens with zero attached hydrogens (tertiary/aromatic N) is 3. The molecule has 2 aromatic carbocycles. The van der Waals surface area contributed by atoms with Crippen LogP contribution < -0.4 is 15.4 Å². The van der Waals surface area contributed by atoms with E-state index in [-0.39, 0.29) is 57.0 Å². The molecule has 3 aliphatic rings. The van der Waals surface area contributed by atoms with Gasteiger partial charge in [-0.15, -0.1) is 0 Å². The lowest BCUT2D eigenvalue weighted by Gasteiger charge is -2.44. The largest absolute Gasteiger partial charge is 0.507 e. The van der Waals surface area contributed by atoms with Gasteiger partial charge in [0.05, 0.1) is 16.3 Å². The fraction of sp³-hybridized carbons (Fsp3) is 0.387. The van der Waals surface area contributed by atoms with Crippen LogP contribution in [0.1, 0.15) is 32.1 Å². The summed E-state index contributed by atoms with van der Waals surface area (Å²) in [6.07, 6.45) is 5.24. The van der Waals surface area contributed by atoms with E-state index < -0.39 is 22.9 Å². The van der Waals surface area contributed by atoms with E-state index >= 15 is 4.39 Å². The summed E-state index contributed by atoms with van der Waals surface area (Å²) < 4.78 is 37.3. The highest BCUT2D eigenvalue weighted by atomic mass is 35.5. The molecule has 0 aliphatic carbocycles. The fourth-order valence-corrected chi connectivity index (χ4v) is 6.51. The van der Waals surface area contributed by atoms with Crippen molar-refractivity contribution in [1.82, 2.24) is 14.8 Å². The lowest BCUT2D eigenvalue weighted by Crippen LogP contribution is -2.59. The minimum absolute atomic E-state index is 0.0133. The van der Waals surface area contributed by atoms with Crippen LogP contribution in [-0.2, 0) is 9.59 Å². The van der Waals surface area contributed by atoms with Crippen molar-refractivity contribution in [3.8, 4) is 22.8 Å². The minimum atomic E-state index is -1.09. The number of phenolic OH excluding ortho intramolecular Hbond substituents is 1. The first-order valence-corrected chi connectivity index (χ1v) is 14.8. The molecule has 0 bridgehead atoms. The molecular formula is C31H32ClF2N5O4. The van der Waals surface area contributed by atoms with E-state index in [1.807, 2.05) is 0 Å². The molecule has 3 aromatic rings. The van der Waals surface area contributed by atoms with Crippen molar-refractivity contribution in [3.05, 3.63) is 53.6 Å². The van der Waals surface area contributed by atoms with Crippen molar-refractivity contribution in [2.24, 2.45) is 0 Å². The number of aromatic nitrogens is 1. The number of nitrogens with one attached hydrogen (secondary N) is 2. The molecule has 2 fully saturated rings. The molecule has 0 saturated carbocycles. The van der Waals surface area contributed by atoms with Crippen LogP contribution in [0.3, 0.4) is 0 Å². The summed E-state index contributed by atoms with van der Waals surface area (Å²) in [6.45, 7) is 6.97. The molecule has 1 aromatic heterocycles. The van der Waals surface area contributed by atoms with Crippen LogP contribution >= 0.6 is 11.6 Å². The summed E-state index contributed by atoms with van der Waals surface area (Å²) >= 11 is 6.56. The molecule has 9 nitrogen and oxygen atoms in total. The standard InChI is InChI=1S/C31H32ClF2N5O4/c1-2-22(41)39-13-9-31(10-14-39)30(42)36-28-27(37-31)18-17-19(32)23(24-20(33)7-6-8-21(24)40)25(34)26(18)35-29(28)43-16-15-38-11-4-3-5-12-38/h2,6-8,17,37,40H,1,3-5,9-16H2,(H,36,42). The Hall–Kier alpha value is -3.96. The summed E-state index contributed by atoms with van der Waals surface area (Å²) in [5.74, 6) is -2.77. The zero-order chi connectivity index (χ0) is 30.3. The third kappa shape index (κ3) is 5.25. The number of anilines is 2. The number of piperidine rings is 2. The maximum Gasteiger partial charge on any atom is 0.250 e. The molecule has 3 aliphatic heterocycles. The first-order valence-electron chi connectivity index (χ1n) is 14.4. The van der Waals surface area contributed by atoms with Crippen LogP contribution in [0.15, 0.2) is 36.9 Å². The monoisotopic (exact) mass is 611 g/mol. The van der Waals surface area contributed by atoms with E-state index in [0.717, 1.165) is 32.0 Å². The number of likely N-dealkylation sites (tertiary alicyclic amines) is 2. The Kier molecular flexibility index (Phi) is 7.87. The SMILES string of the molecule is C=CC(=O)N1CCC2(CC1)Nc1c(c(OCCN3CCCCC3)nc3c(F)c(-c4c(O)cccc4F)c(Cl)cc13)NC2=O. The quantitative estimate of drug-likeness (QED) is 0.324. The third-order valence-electron chi connectivity index (χ3n) is 8.62. The Bertz CT molecular complexity index is 1600. The predicted octanol–water partition coefficient (Wildman–Crippen LogP) is 5.31. The Morgan fingerprint density at radius 3 is 2.58 bits per heavy atom. The van der Waals surface area contributed by atoms with E-state index in [2.05, 4.69) is 27.1 Å². The van der Waals surface area contributed by atoms with Gasteiger partial charge in [-0.25, -0.2) is 13.8 Å². The Morgan fingerprint density at radius 1 is 1.14 bits per heavy atom. The number of halogens is 3. The second-order valence-corrected chi connectivity index (χ2v) is 11.6. The van der Waals surface area contributed by atoms with Gasteiger partial charge in [-0.2, -0.15) is 0 Å². The number of amides is 2. The molecule has 1 spiro atoms. The number of rotatable bonds is 6. The van der Waals surface area contributed by atoms with Crippen molar-refractivity contribution < 1.29 is 28.2 Å². The van der Waals surface area contributed by atoms with Gasteiger partial charge in [0.25, 0.3) is 0 Å². The summed E-state index contributed by atoms with van der Waals surface area (Å²) in [7, 11) is 0. The van der Waals surface area contributed by atoms with Gasteiger partial charge in [-0.1, -0.05) is 30.7 Å². The van der Waals surface area contributed by atoms with Gasteiger partial charge in [-0.3, -0.25) is 14.5 Å². The van der Waals surface area contributed by atoms with Crippen molar-refractivity contribution in [1.29, 1.82) is 0 Å². The summed E-state index contributed by atoms with van der Waals surface area (Å²) in [5.41, 5.74) is -1.34. The molecule has 0 radical (unpaired) electrons. The van der Waals surface area contributed by atoms with Crippen LogP contribution in [-0.4, -0.2) is 76.6 Å². The zero-order valence-corrected chi connectivity index (χ0v) is 24.3. The van der Waals surface area contributed by atoms with E-state index in [0.29, 0.717) is 38.2 Å². The van der Waals surface area contributed by atoms with Crippen molar-refractivity contribution in [2.75, 3.05) is 50.0 Å². The highest BCUT2D eigenvalue weighted by molar-refractivity contribution is 6.35. The van der Waals surface area contributed by atoms with Crippen molar-refractivity contribution in [2.45, 2.75) is 37.6 Å². The molecule has 0 atom stereocenters. The molecular weight excluding hydrogens is 580 g/mol. The highest BCUT2D eigenvalue weighted by Gasteiger charge is 2.46. The Labute approximate surface area is 252 Å². The lowest BCUT2D eigenvalue weighted by molar-refractivity contribution is -0.130. The highest BCUT2D eigenvalue weighted by Crippen LogP contribution is 2.48. The second kappa shape index (κ2) is 11.6. The van der Waals surface area contributed by atoms with Crippen LogP contribution in [0.5, 0.6) is 11.6 Å². The number of aromatic hydroxyl groups is 1. The number of carbonyl (C=O) groups is 2. The van der Waals surface area contributed by atoms with Gasteiger partial charge in [0.2, 0.25) is 17.7 Å². The number of hydrogen-bond donors (Lipinski definition) is 3.